The first-order valence-corrected chi connectivity index (χ1v) is 7.39. The fourth-order valence-corrected chi connectivity index (χ4v) is 3.57. The molecular weight excluding hydrogens is 222 g/mol. The number of aromatic nitrogens is 1. The average molecular weight is 247 g/mol. The van der Waals surface area contributed by atoms with Gasteiger partial charge in [-0.2, -0.15) is 0 Å². The molecule has 1 aliphatic carbocycles. The van der Waals surface area contributed by atoms with Crippen molar-refractivity contribution < 1.29 is 0 Å². The second-order valence-corrected chi connectivity index (χ2v) is 6.00. The molecule has 0 aromatic carbocycles. The van der Waals surface area contributed by atoms with Gasteiger partial charge in [-0.1, -0.05) is 6.42 Å². The molecule has 3 nitrogen and oxygen atoms in total. The maximum Gasteiger partial charge on any atom is 0.0378 e. The van der Waals surface area contributed by atoms with Crippen LogP contribution < -0.4 is 5.73 Å². The third-order valence-corrected chi connectivity index (χ3v) is 4.77. The smallest absolute Gasteiger partial charge is 0.0378 e. The lowest BCUT2D eigenvalue weighted by atomic mass is 9.93. The van der Waals surface area contributed by atoms with Gasteiger partial charge in [0.1, 0.15) is 0 Å². The molecule has 1 fully saturated rings. The zero-order valence-corrected chi connectivity index (χ0v) is 11.4. The van der Waals surface area contributed by atoms with Crippen LogP contribution in [0.5, 0.6) is 0 Å². The summed E-state index contributed by atoms with van der Waals surface area (Å²) in [4.78, 5) is 2.53. The highest BCUT2D eigenvalue weighted by Crippen LogP contribution is 2.29. The van der Waals surface area contributed by atoms with Crippen LogP contribution in [0.15, 0.2) is 12.3 Å². The van der Waals surface area contributed by atoms with E-state index in [2.05, 4.69) is 28.8 Å². The Morgan fingerprint density at radius 2 is 2.17 bits per heavy atom. The number of piperidine rings is 1. The number of likely N-dealkylation sites (N-methyl/N-ethyl adjacent to an activating group) is 1. The monoisotopic (exact) mass is 247 g/mol. The number of nitrogens with two attached hydrogens (primary N) is 1. The topological polar surface area (TPSA) is 34.2 Å². The molecule has 1 aromatic heterocycles. The summed E-state index contributed by atoms with van der Waals surface area (Å²) in [5, 5.41) is 0. The fourth-order valence-electron chi connectivity index (χ4n) is 3.57. The first-order valence-electron chi connectivity index (χ1n) is 7.39. The van der Waals surface area contributed by atoms with Crippen LogP contribution in [0.2, 0.25) is 0 Å². The van der Waals surface area contributed by atoms with E-state index < -0.39 is 0 Å². The van der Waals surface area contributed by atoms with Crippen LogP contribution in [0.25, 0.3) is 0 Å². The van der Waals surface area contributed by atoms with Crippen LogP contribution in [0.3, 0.4) is 0 Å². The van der Waals surface area contributed by atoms with Crippen molar-refractivity contribution in [2.45, 2.75) is 57.2 Å². The summed E-state index contributed by atoms with van der Waals surface area (Å²) in [6.45, 7) is 2.41. The van der Waals surface area contributed by atoms with Crippen LogP contribution in [0.4, 0.5) is 0 Å². The quantitative estimate of drug-likeness (QED) is 0.870. The molecule has 1 aliphatic heterocycles. The molecule has 0 radical (unpaired) electrons. The van der Waals surface area contributed by atoms with Gasteiger partial charge in [0.25, 0.3) is 0 Å². The fraction of sp³-hybridized carbons (Fsp3) is 0.733. The standard InChI is InChI=1S/C15H25N3/c1-17-9-3-2-5-12(17)11-18-10-8-13-14(16)6-4-7-15(13)18/h8,10,12,14H,2-7,9,11,16H2,1H3. The molecule has 2 heterocycles. The van der Waals surface area contributed by atoms with Gasteiger partial charge >= 0.3 is 0 Å². The third kappa shape index (κ3) is 2.21. The van der Waals surface area contributed by atoms with Crippen molar-refractivity contribution in [2.75, 3.05) is 13.6 Å². The summed E-state index contributed by atoms with van der Waals surface area (Å²) in [5.41, 5.74) is 9.11. The number of rotatable bonds is 2. The van der Waals surface area contributed by atoms with E-state index in [0.29, 0.717) is 6.04 Å². The predicted octanol–water partition coefficient (Wildman–Crippen LogP) is 2.31. The molecule has 1 aromatic rings. The van der Waals surface area contributed by atoms with E-state index in [9.17, 15) is 0 Å². The number of fused-ring (bicyclic) bond motifs is 1. The van der Waals surface area contributed by atoms with Crippen molar-refractivity contribution in [2.24, 2.45) is 5.73 Å². The molecule has 100 valence electrons. The van der Waals surface area contributed by atoms with Crippen LogP contribution >= 0.6 is 0 Å². The molecule has 2 atom stereocenters. The van der Waals surface area contributed by atoms with E-state index in [4.69, 9.17) is 5.73 Å². The number of likely N-dealkylation sites (tertiary alicyclic amines) is 1. The van der Waals surface area contributed by atoms with E-state index in [0.717, 1.165) is 13.0 Å². The molecule has 0 bridgehead atoms. The first kappa shape index (κ1) is 12.2. The second kappa shape index (κ2) is 5.06. The second-order valence-electron chi connectivity index (χ2n) is 6.00. The van der Waals surface area contributed by atoms with Gasteiger partial charge in [0.15, 0.2) is 0 Å². The summed E-state index contributed by atoms with van der Waals surface area (Å²) >= 11 is 0. The first-order chi connectivity index (χ1) is 8.75. The molecule has 18 heavy (non-hydrogen) atoms. The average Bonchev–Trinajstić information content (AvgIpc) is 2.77. The minimum Gasteiger partial charge on any atom is -0.350 e. The van der Waals surface area contributed by atoms with Crippen molar-refractivity contribution >= 4 is 0 Å². The lowest BCUT2D eigenvalue weighted by Crippen LogP contribution is -2.39. The van der Waals surface area contributed by atoms with Gasteiger partial charge in [-0.25, -0.2) is 0 Å². The third-order valence-electron chi connectivity index (χ3n) is 4.77. The molecule has 1 saturated heterocycles. The SMILES string of the molecule is CN1CCCCC1Cn1ccc2c1CCCC2N. The maximum atomic E-state index is 6.20. The normalized spacial score (nSPS) is 29.2. The summed E-state index contributed by atoms with van der Waals surface area (Å²) < 4.78 is 2.47. The van der Waals surface area contributed by atoms with Gasteiger partial charge in [0.05, 0.1) is 0 Å². The van der Waals surface area contributed by atoms with Gasteiger partial charge in [-0.15, -0.1) is 0 Å². The van der Waals surface area contributed by atoms with Gasteiger partial charge in [0, 0.05) is 30.5 Å². The highest BCUT2D eigenvalue weighted by Gasteiger charge is 2.23. The molecule has 3 heteroatoms. The molecular formula is C15H25N3. The Bertz CT molecular complexity index is 410. The number of hydrogen-bond acceptors (Lipinski definition) is 2. The number of hydrogen-bond donors (Lipinski definition) is 1. The van der Waals surface area contributed by atoms with Crippen molar-refractivity contribution in [3.8, 4) is 0 Å². The largest absolute Gasteiger partial charge is 0.350 e. The van der Waals surface area contributed by atoms with Gasteiger partial charge in [-0.05, 0) is 57.3 Å². The Kier molecular flexibility index (Phi) is 3.44. The zero-order valence-electron chi connectivity index (χ0n) is 11.4. The minimum absolute atomic E-state index is 0.277. The Morgan fingerprint density at radius 1 is 1.28 bits per heavy atom. The maximum absolute atomic E-state index is 6.20. The highest BCUT2D eigenvalue weighted by atomic mass is 15.2. The highest BCUT2D eigenvalue weighted by molar-refractivity contribution is 5.28. The summed E-state index contributed by atoms with van der Waals surface area (Å²) in [6, 6.07) is 3.25. The Morgan fingerprint density at radius 3 is 3.00 bits per heavy atom. The predicted molar refractivity (Wildman–Crippen MR) is 74.6 cm³/mol. The van der Waals surface area contributed by atoms with E-state index in [-0.39, 0.29) is 6.04 Å². The zero-order chi connectivity index (χ0) is 12.5. The van der Waals surface area contributed by atoms with Crippen LogP contribution in [0, 0.1) is 0 Å². The Balaban J connectivity index is 1.76. The van der Waals surface area contributed by atoms with Crippen molar-refractivity contribution in [3.63, 3.8) is 0 Å². The van der Waals surface area contributed by atoms with Gasteiger partial charge in [0.2, 0.25) is 0 Å². The van der Waals surface area contributed by atoms with Crippen molar-refractivity contribution in [1.82, 2.24) is 9.47 Å². The van der Waals surface area contributed by atoms with E-state index in [1.54, 1.807) is 0 Å². The molecule has 2 aliphatic rings. The van der Waals surface area contributed by atoms with Crippen molar-refractivity contribution in [1.29, 1.82) is 0 Å². The Labute approximate surface area is 110 Å². The van der Waals surface area contributed by atoms with Crippen LogP contribution in [0.1, 0.15) is 49.4 Å². The lowest BCUT2D eigenvalue weighted by Gasteiger charge is -2.33. The minimum atomic E-state index is 0.277. The molecule has 3 rings (SSSR count). The van der Waals surface area contributed by atoms with Crippen molar-refractivity contribution in [3.05, 3.63) is 23.5 Å². The lowest BCUT2D eigenvalue weighted by molar-refractivity contribution is 0.166. The van der Waals surface area contributed by atoms with E-state index in [1.165, 1.54) is 49.9 Å². The van der Waals surface area contributed by atoms with Gasteiger partial charge in [-0.3, -0.25) is 0 Å². The molecule has 2 unspecified atom stereocenters. The number of nitrogens with zero attached hydrogens (tertiary/aromatic N) is 2. The molecule has 0 spiro atoms. The molecule has 0 saturated carbocycles. The summed E-state index contributed by atoms with van der Waals surface area (Å²) in [7, 11) is 2.27. The van der Waals surface area contributed by atoms with E-state index >= 15 is 0 Å². The van der Waals surface area contributed by atoms with Crippen LogP contribution in [-0.4, -0.2) is 29.1 Å². The van der Waals surface area contributed by atoms with E-state index in [1.807, 2.05) is 0 Å². The molecule has 0 amide bonds. The van der Waals surface area contributed by atoms with Gasteiger partial charge < -0.3 is 15.2 Å². The summed E-state index contributed by atoms with van der Waals surface area (Å²) in [5.74, 6) is 0. The summed E-state index contributed by atoms with van der Waals surface area (Å²) in [6.07, 6.45) is 9.97. The van der Waals surface area contributed by atoms with Crippen LogP contribution in [-0.2, 0) is 13.0 Å². The molecule has 2 N–H and O–H groups in total. The Hall–Kier alpha value is -0.800.